The van der Waals surface area contributed by atoms with Gasteiger partial charge in [0.2, 0.25) is 0 Å². The van der Waals surface area contributed by atoms with Crippen molar-refractivity contribution in [1.29, 1.82) is 5.26 Å². The molecular formula is C30H16Br2Cl2N4O3. The Morgan fingerprint density at radius 3 is 2.51 bits per heavy atom. The minimum absolute atomic E-state index is 0.131. The van der Waals surface area contributed by atoms with Gasteiger partial charge in [-0.3, -0.25) is 4.79 Å². The van der Waals surface area contributed by atoms with Crippen LogP contribution >= 0.6 is 55.1 Å². The van der Waals surface area contributed by atoms with E-state index in [4.69, 9.17) is 27.9 Å². The first kappa shape index (κ1) is 28.6. The molecule has 4 aromatic carbocycles. The lowest BCUT2D eigenvalue weighted by atomic mass is 10.0. The predicted octanol–water partition coefficient (Wildman–Crippen LogP) is 8.52. The lowest BCUT2D eigenvalue weighted by molar-refractivity contribution is 0.0733. The third-order valence-corrected chi connectivity index (χ3v) is 7.59. The molecule has 1 amide bonds. The van der Waals surface area contributed by atoms with Gasteiger partial charge in [-0.1, -0.05) is 81.6 Å². The topological polar surface area (TPSA) is 107 Å². The van der Waals surface area contributed by atoms with Gasteiger partial charge in [-0.2, -0.15) is 10.4 Å². The molecule has 7 nitrogen and oxygen atoms in total. The number of esters is 1. The Kier molecular flexibility index (Phi) is 8.57. The van der Waals surface area contributed by atoms with Crippen molar-refractivity contribution in [3.63, 3.8) is 0 Å². The summed E-state index contributed by atoms with van der Waals surface area (Å²) in [6, 6.07) is 24.7. The van der Waals surface area contributed by atoms with Crippen molar-refractivity contribution in [1.82, 2.24) is 10.4 Å². The summed E-state index contributed by atoms with van der Waals surface area (Å²) in [7, 11) is 0. The Morgan fingerprint density at radius 1 is 1.00 bits per heavy atom. The van der Waals surface area contributed by atoms with Crippen LogP contribution in [0.5, 0.6) is 5.75 Å². The fourth-order valence-electron chi connectivity index (χ4n) is 4.19. The van der Waals surface area contributed by atoms with Gasteiger partial charge < -0.3 is 9.72 Å². The quantitative estimate of drug-likeness (QED) is 0.0797. The zero-order chi connectivity index (χ0) is 29.1. The van der Waals surface area contributed by atoms with Gasteiger partial charge in [-0.05, 0) is 57.9 Å². The van der Waals surface area contributed by atoms with Crippen molar-refractivity contribution in [2.45, 2.75) is 0 Å². The smallest absolute Gasteiger partial charge is 0.345 e. The van der Waals surface area contributed by atoms with Crippen molar-refractivity contribution < 1.29 is 14.3 Å². The zero-order valence-corrected chi connectivity index (χ0v) is 25.4. The second-order valence-electron chi connectivity index (χ2n) is 8.60. The third kappa shape index (κ3) is 6.06. The maximum atomic E-state index is 13.4. The molecule has 1 heterocycles. The largest absolute Gasteiger partial charge is 0.421 e. The van der Waals surface area contributed by atoms with E-state index >= 15 is 0 Å². The molecule has 0 spiro atoms. The number of nitriles is 1. The average molecular weight is 711 g/mol. The molecule has 0 unspecified atom stereocenters. The minimum atomic E-state index is -0.702. The van der Waals surface area contributed by atoms with E-state index in [0.29, 0.717) is 36.2 Å². The van der Waals surface area contributed by atoms with Crippen LogP contribution in [0.3, 0.4) is 0 Å². The Bertz CT molecular complexity index is 1900. The highest BCUT2D eigenvalue weighted by molar-refractivity contribution is 9.11. The van der Waals surface area contributed by atoms with Crippen LogP contribution in [0.25, 0.3) is 22.0 Å². The van der Waals surface area contributed by atoms with Gasteiger partial charge in [-0.15, -0.1) is 0 Å². The summed E-state index contributed by atoms with van der Waals surface area (Å²) < 4.78 is 6.78. The second-order valence-corrected chi connectivity index (χ2v) is 11.2. The number of hydrazone groups is 1. The van der Waals surface area contributed by atoms with E-state index in [-0.39, 0.29) is 22.0 Å². The lowest BCUT2D eigenvalue weighted by Gasteiger charge is -2.11. The Balaban J connectivity index is 1.46. The summed E-state index contributed by atoms with van der Waals surface area (Å²) in [6.07, 6.45) is 1.35. The third-order valence-electron chi connectivity index (χ3n) is 6.00. The van der Waals surface area contributed by atoms with Crippen LogP contribution < -0.4 is 10.2 Å². The molecule has 0 saturated carbocycles. The number of nitrogens with zero attached hydrogens (tertiary/aromatic N) is 2. The fourth-order valence-corrected chi connectivity index (χ4v) is 6.01. The van der Waals surface area contributed by atoms with Crippen molar-refractivity contribution in [2.24, 2.45) is 5.10 Å². The van der Waals surface area contributed by atoms with Gasteiger partial charge in [0.15, 0.2) is 5.75 Å². The molecule has 0 aliphatic carbocycles. The molecule has 0 radical (unpaired) electrons. The van der Waals surface area contributed by atoms with Crippen molar-refractivity contribution >= 4 is 84.1 Å². The summed E-state index contributed by atoms with van der Waals surface area (Å²) in [5.41, 5.74) is 5.69. The van der Waals surface area contributed by atoms with Gasteiger partial charge in [0, 0.05) is 26.0 Å². The molecule has 0 aliphatic rings. The van der Waals surface area contributed by atoms with Crippen LogP contribution in [-0.4, -0.2) is 23.1 Å². The standard InChI is InChI=1S/C30H16Br2Cl2N4O3/c31-19-11-18(28(23(32)12-19)41-30(40)21-10-9-20(33)13-24(21)34)15-36-38-29(39)27-25(16-5-2-1-3-6-16)22-8-4-7-17(14-35)26(22)37-27/h1-13,15,37H,(H,38,39). The number of rotatable bonds is 6. The van der Waals surface area contributed by atoms with E-state index in [1.54, 1.807) is 24.3 Å². The molecule has 2 N–H and O–H groups in total. The van der Waals surface area contributed by atoms with Crippen molar-refractivity contribution in [2.75, 3.05) is 0 Å². The molecule has 0 aliphatic heterocycles. The number of ether oxygens (including phenoxy) is 1. The van der Waals surface area contributed by atoms with Crippen LogP contribution in [0.1, 0.15) is 32.0 Å². The molecule has 0 atom stereocenters. The first-order valence-electron chi connectivity index (χ1n) is 11.9. The molecule has 41 heavy (non-hydrogen) atoms. The first-order chi connectivity index (χ1) is 19.8. The number of aromatic amines is 1. The first-order valence-corrected chi connectivity index (χ1v) is 14.2. The SMILES string of the molecule is N#Cc1cccc2c(-c3ccccc3)c(C(=O)NN=Cc3cc(Br)cc(Br)c3OC(=O)c3ccc(Cl)cc3Cl)[nH]c12. The number of H-pyrrole nitrogens is 1. The number of fused-ring (bicyclic) bond motifs is 1. The highest BCUT2D eigenvalue weighted by Crippen LogP contribution is 2.35. The van der Waals surface area contributed by atoms with Gasteiger partial charge >= 0.3 is 5.97 Å². The Morgan fingerprint density at radius 2 is 1.78 bits per heavy atom. The summed E-state index contributed by atoms with van der Waals surface area (Å²) in [5.74, 6) is -1.07. The molecular weight excluding hydrogens is 695 g/mol. The maximum Gasteiger partial charge on any atom is 0.345 e. The number of halogens is 4. The lowest BCUT2D eigenvalue weighted by Crippen LogP contribution is -2.19. The number of carbonyl (C=O) groups excluding carboxylic acids is 2. The Hall–Kier alpha value is -3.94. The van der Waals surface area contributed by atoms with E-state index in [2.05, 4.69) is 53.4 Å². The minimum Gasteiger partial charge on any atom is -0.421 e. The predicted molar refractivity (Wildman–Crippen MR) is 167 cm³/mol. The number of amides is 1. The van der Waals surface area contributed by atoms with Gasteiger partial charge in [0.25, 0.3) is 5.91 Å². The Labute approximate surface area is 261 Å². The van der Waals surface area contributed by atoms with E-state index in [1.807, 2.05) is 36.4 Å². The van der Waals surface area contributed by atoms with Crippen molar-refractivity contribution in [3.05, 3.63) is 120 Å². The van der Waals surface area contributed by atoms with Crippen LogP contribution in [0.2, 0.25) is 10.0 Å². The van der Waals surface area contributed by atoms with Gasteiger partial charge in [0.05, 0.1) is 32.4 Å². The highest BCUT2D eigenvalue weighted by atomic mass is 79.9. The fraction of sp³-hybridized carbons (Fsp3) is 0. The molecule has 11 heteroatoms. The number of nitrogens with one attached hydrogen (secondary N) is 2. The molecule has 0 saturated heterocycles. The normalized spacial score (nSPS) is 11.0. The number of hydrogen-bond acceptors (Lipinski definition) is 5. The molecule has 5 aromatic rings. The number of para-hydroxylation sites is 1. The number of benzene rings is 4. The molecule has 1 aromatic heterocycles. The van der Waals surface area contributed by atoms with Crippen LogP contribution in [0, 0.1) is 11.3 Å². The summed E-state index contributed by atoms with van der Waals surface area (Å²) in [5, 5.41) is 15.0. The second kappa shape index (κ2) is 12.3. The van der Waals surface area contributed by atoms with Crippen molar-refractivity contribution in [3.8, 4) is 22.9 Å². The monoisotopic (exact) mass is 708 g/mol. The highest BCUT2D eigenvalue weighted by Gasteiger charge is 2.21. The number of carbonyl (C=O) groups is 2. The zero-order valence-electron chi connectivity index (χ0n) is 20.7. The molecule has 0 fully saturated rings. The summed E-state index contributed by atoms with van der Waals surface area (Å²) >= 11 is 19.0. The van der Waals surface area contributed by atoms with E-state index in [9.17, 15) is 14.9 Å². The van der Waals surface area contributed by atoms with Gasteiger partial charge in [-0.25, -0.2) is 10.2 Å². The molecule has 202 valence electrons. The van der Waals surface area contributed by atoms with Gasteiger partial charge in [0.1, 0.15) is 11.8 Å². The summed E-state index contributed by atoms with van der Waals surface area (Å²) in [4.78, 5) is 29.4. The van der Waals surface area contributed by atoms with E-state index < -0.39 is 11.9 Å². The number of aromatic nitrogens is 1. The molecule has 0 bridgehead atoms. The average Bonchev–Trinajstić information content (AvgIpc) is 3.35. The van der Waals surface area contributed by atoms with Crippen LogP contribution in [0.4, 0.5) is 0 Å². The summed E-state index contributed by atoms with van der Waals surface area (Å²) in [6.45, 7) is 0. The molecule has 5 rings (SSSR count). The van der Waals surface area contributed by atoms with Crippen LogP contribution in [0.15, 0.2) is 92.9 Å². The van der Waals surface area contributed by atoms with Crippen LogP contribution in [-0.2, 0) is 0 Å². The van der Waals surface area contributed by atoms with E-state index in [0.717, 1.165) is 10.9 Å². The number of hydrogen-bond donors (Lipinski definition) is 2. The maximum absolute atomic E-state index is 13.4. The van der Waals surface area contributed by atoms with E-state index in [1.165, 1.54) is 24.4 Å².